The van der Waals surface area contributed by atoms with Crippen molar-refractivity contribution in [2.45, 2.75) is 6.92 Å². The van der Waals surface area contributed by atoms with E-state index in [-0.39, 0.29) is 11.2 Å². The van der Waals surface area contributed by atoms with E-state index < -0.39 is 4.92 Å². The van der Waals surface area contributed by atoms with Crippen molar-refractivity contribution < 1.29 is 4.92 Å². The van der Waals surface area contributed by atoms with Crippen LogP contribution in [0.2, 0.25) is 0 Å². The number of hydrogen-bond acceptors (Lipinski definition) is 5. The Morgan fingerprint density at radius 1 is 1.17 bits per heavy atom. The van der Waals surface area contributed by atoms with Crippen LogP contribution in [0, 0.1) is 17.0 Å². The summed E-state index contributed by atoms with van der Waals surface area (Å²) in [6, 6.07) is 13.0. The molecule has 0 fully saturated rings. The van der Waals surface area contributed by atoms with Crippen LogP contribution in [0.15, 0.2) is 58.4 Å². The standard InChI is InChI=1S/C16H12N4O3/c1-11-18-15-5-3-2-4-14(15)16(21)19(11)17-10-12-6-8-13(9-7-12)20(22)23/h2-10H,1H3/b17-10-. The number of non-ortho nitro benzene ring substituents is 1. The van der Waals surface area contributed by atoms with E-state index in [1.165, 1.54) is 23.0 Å². The summed E-state index contributed by atoms with van der Waals surface area (Å²) in [5.74, 6) is 0.465. The van der Waals surface area contributed by atoms with E-state index in [4.69, 9.17) is 0 Å². The topological polar surface area (TPSA) is 90.4 Å². The number of rotatable bonds is 3. The van der Waals surface area contributed by atoms with Gasteiger partial charge in [0.2, 0.25) is 0 Å². The summed E-state index contributed by atoms with van der Waals surface area (Å²) in [6.45, 7) is 1.70. The number of nitro benzene ring substituents is 1. The van der Waals surface area contributed by atoms with Gasteiger partial charge in [-0.05, 0) is 36.8 Å². The monoisotopic (exact) mass is 308 g/mol. The zero-order valence-electron chi connectivity index (χ0n) is 12.2. The molecule has 0 spiro atoms. The Balaban J connectivity index is 2.00. The minimum Gasteiger partial charge on any atom is -0.267 e. The molecule has 3 aromatic rings. The SMILES string of the molecule is Cc1nc2ccccc2c(=O)n1/N=C\c1ccc([N+](=O)[O-])cc1. The van der Waals surface area contributed by atoms with Gasteiger partial charge in [-0.3, -0.25) is 14.9 Å². The minimum atomic E-state index is -0.469. The van der Waals surface area contributed by atoms with Gasteiger partial charge in [-0.2, -0.15) is 9.78 Å². The Bertz CT molecular complexity index is 975. The Hall–Kier alpha value is -3.35. The maximum atomic E-state index is 12.4. The summed E-state index contributed by atoms with van der Waals surface area (Å²) in [4.78, 5) is 26.9. The highest BCUT2D eigenvalue weighted by Gasteiger charge is 2.06. The molecule has 0 radical (unpaired) electrons. The van der Waals surface area contributed by atoms with Gasteiger partial charge in [0, 0.05) is 12.1 Å². The van der Waals surface area contributed by atoms with Gasteiger partial charge in [-0.15, -0.1) is 0 Å². The molecule has 0 unspecified atom stereocenters. The fourth-order valence-corrected chi connectivity index (χ4v) is 2.18. The lowest BCUT2D eigenvalue weighted by Crippen LogP contribution is -2.20. The molecule has 0 aliphatic carbocycles. The lowest BCUT2D eigenvalue weighted by Gasteiger charge is -2.04. The van der Waals surface area contributed by atoms with Crippen molar-refractivity contribution in [3.8, 4) is 0 Å². The van der Waals surface area contributed by atoms with Crippen LogP contribution in [-0.4, -0.2) is 20.8 Å². The van der Waals surface area contributed by atoms with Crippen molar-refractivity contribution in [2.24, 2.45) is 5.10 Å². The van der Waals surface area contributed by atoms with E-state index in [1.54, 1.807) is 37.3 Å². The molecule has 0 aliphatic heterocycles. The molecule has 7 nitrogen and oxygen atoms in total. The van der Waals surface area contributed by atoms with Gasteiger partial charge in [0.05, 0.1) is 22.0 Å². The van der Waals surface area contributed by atoms with E-state index in [0.29, 0.717) is 22.3 Å². The van der Waals surface area contributed by atoms with Crippen LogP contribution < -0.4 is 5.56 Å². The largest absolute Gasteiger partial charge is 0.282 e. The summed E-state index contributed by atoms with van der Waals surface area (Å²) in [6.07, 6.45) is 1.47. The van der Waals surface area contributed by atoms with Crippen molar-refractivity contribution in [2.75, 3.05) is 0 Å². The van der Waals surface area contributed by atoms with Crippen LogP contribution in [0.4, 0.5) is 5.69 Å². The first kappa shape index (κ1) is 14.6. The first-order chi connectivity index (χ1) is 11.1. The zero-order chi connectivity index (χ0) is 16.4. The molecular formula is C16H12N4O3. The second kappa shape index (κ2) is 5.80. The molecule has 0 saturated heterocycles. The number of fused-ring (bicyclic) bond motifs is 1. The Morgan fingerprint density at radius 3 is 2.57 bits per heavy atom. The third-order valence-electron chi connectivity index (χ3n) is 3.34. The van der Waals surface area contributed by atoms with E-state index >= 15 is 0 Å². The lowest BCUT2D eigenvalue weighted by atomic mass is 10.2. The average Bonchev–Trinajstić information content (AvgIpc) is 2.55. The normalized spacial score (nSPS) is 11.2. The second-order valence-corrected chi connectivity index (χ2v) is 4.89. The molecule has 2 aromatic carbocycles. The van der Waals surface area contributed by atoms with E-state index in [1.807, 2.05) is 6.07 Å². The van der Waals surface area contributed by atoms with E-state index in [9.17, 15) is 14.9 Å². The van der Waals surface area contributed by atoms with Crippen molar-refractivity contribution in [3.63, 3.8) is 0 Å². The quantitative estimate of drug-likeness (QED) is 0.422. The van der Waals surface area contributed by atoms with Gasteiger partial charge in [-0.25, -0.2) is 4.98 Å². The number of aryl methyl sites for hydroxylation is 1. The third-order valence-corrected chi connectivity index (χ3v) is 3.34. The molecule has 1 aromatic heterocycles. The first-order valence-corrected chi connectivity index (χ1v) is 6.83. The smallest absolute Gasteiger partial charge is 0.267 e. The zero-order valence-corrected chi connectivity index (χ0v) is 12.2. The fourth-order valence-electron chi connectivity index (χ4n) is 2.18. The van der Waals surface area contributed by atoms with Crippen molar-refractivity contribution in [1.82, 2.24) is 9.66 Å². The molecule has 23 heavy (non-hydrogen) atoms. The van der Waals surface area contributed by atoms with Crippen molar-refractivity contribution in [1.29, 1.82) is 0 Å². The highest BCUT2D eigenvalue weighted by Crippen LogP contribution is 2.11. The van der Waals surface area contributed by atoms with Gasteiger partial charge in [-0.1, -0.05) is 12.1 Å². The molecule has 0 N–H and O–H groups in total. The summed E-state index contributed by atoms with van der Waals surface area (Å²) < 4.78 is 1.21. The molecular weight excluding hydrogens is 296 g/mol. The molecule has 1 heterocycles. The Kier molecular flexibility index (Phi) is 3.68. The first-order valence-electron chi connectivity index (χ1n) is 6.83. The van der Waals surface area contributed by atoms with Gasteiger partial charge in [0.1, 0.15) is 5.82 Å². The number of para-hydroxylation sites is 1. The summed E-state index contributed by atoms with van der Waals surface area (Å²) in [5, 5.41) is 15.3. The van der Waals surface area contributed by atoms with Gasteiger partial charge >= 0.3 is 0 Å². The maximum absolute atomic E-state index is 12.4. The van der Waals surface area contributed by atoms with Crippen LogP contribution in [0.3, 0.4) is 0 Å². The van der Waals surface area contributed by atoms with Gasteiger partial charge in [0.25, 0.3) is 11.2 Å². The van der Waals surface area contributed by atoms with Crippen LogP contribution in [0.1, 0.15) is 11.4 Å². The molecule has 7 heteroatoms. The predicted molar refractivity (Wildman–Crippen MR) is 86.8 cm³/mol. The van der Waals surface area contributed by atoms with Crippen molar-refractivity contribution >= 4 is 22.8 Å². The molecule has 0 bridgehead atoms. The minimum absolute atomic E-state index is 0.00266. The molecule has 0 saturated carbocycles. The van der Waals surface area contributed by atoms with E-state index in [0.717, 1.165) is 0 Å². The number of nitro groups is 1. The highest BCUT2D eigenvalue weighted by atomic mass is 16.6. The lowest BCUT2D eigenvalue weighted by molar-refractivity contribution is -0.384. The predicted octanol–water partition coefficient (Wildman–Crippen LogP) is 2.50. The van der Waals surface area contributed by atoms with Crippen molar-refractivity contribution in [3.05, 3.63) is 80.4 Å². The van der Waals surface area contributed by atoms with Crippen LogP contribution in [0.5, 0.6) is 0 Å². The summed E-state index contributed by atoms with van der Waals surface area (Å²) >= 11 is 0. The second-order valence-electron chi connectivity index (χ2n) is 4.89. The number of hydrogen-bond donors (Lipinski definition) is 0. The molecule has 0 aliphatic rings. The maximum Gasteiger partial charge on any atom is 0.282 e. The molecule has 0 amide bonds. The summed E-state index contributed by atoms with van der Waals surface area (Å²) in [7, 11) is 0. The van der Waals surface area contributed by atoms with Gasteiger partial charge < -0.3 is 0 Å². The third kappa shape index (κ3) is 2.84. The number of benzene rings is 2. The summed E-state index contributed by atoms with van der Waals surface area (Å²) in [5.41, 5.74) is 1.01. The Morgan fingerprint density at radius 2 is 1.87 bits per heavy atom. The van der Waals surface area contributed by atoms with Gasteiger partial charge in [0.15, 0.2) is 0 Å². The molecule has 0 atom stereocenters. The number of aromatic nitrogens is 2. The highest BCUT2D eigenvalue weighted by molar-refractivity contribution is 5.80. The Labute approximate surface area is 130 Å². The number of nitrogens with zero attached hydrogens (tertiary/aromatic N) is 4. The van der Waals surface area contributed by atoms with E-state index in [2.05, 4.69) is 10.1 Å². The molecule has 114 valence electrons. The van der Waals surface area contributed by atoms with Crippen LogP contribution in [0.25, 0.3) is 10.9 Å². The van der Waals surface area contributed by atoms with Crippen LogP contribution in [-0.2, 0) is 0 Å². The molecule has 3 rings (SSSR count). The van der Waals surface area contributed by atoms with Crippen LogP contribution >= 0.6 is 0 Å². The fraction of sp³-hybridized carbons (Fsp3) is 0.0625. The average molecular weight is 308 g/mol.